The second-order valence-corrected chi connectivity index (χ2v) is 7.43. The second-order valence-electron chi connectivity index (χ2n) is 6.55. The lowest BCUT2D eigenvalue weighted by molar-refractivity contribution is 0.505. The number of pyridine rings is 1. The number of aromatic nitrogens is 4. The summed E-state index contributed by atoms with van der Waals surface area (Å²) in [6.45, 7) is 6.09. The fourth-order valence-corrected chi connectivity index (χ4v) is 4.21. The standard InChI is InChI=1S/C19H21N5S/c1-13-9-17(23-18(21-13)15-5-3-7-20-10-15)24-8-4-6-16(11-24)19-22-14(2)12-25-19/h3,5,7,9-10,12,16H,4,6,8,11H2,1-2H3/t16-/m1/s1. The molecule has 1 aliphatic heterocycles. The van der Waals surface area contributed by atoms with Gasteiger partial charge in [0.2, 0.25) is 0 Å². The normalized spacial score (nSPS) is 17.7. The van der Waals surface area contributed by atoms with Gasteiger partial charge in [-0.3, -0.25) is 4.98 Å². The average molecular weight is 351 g/mol. The Bertz CT molecular complexity index is 861. The van der Waals surface area contributed by atoms with Gasteiger partial charge in [0.1, 0.15) is 5.82 Å². The average Bonchev–Trinajstić information content (AvgIpc) is 3.08. The number of rotatable bonds is 3. The molecular formula is C19H21N5S. The van der Waals surface area contributed by atoms with Crippen molar-refractivity contribution in [3.63, 3.8) is 0 Å². The largest absolute Gasteiger partial charge is 0.356 e. The van der Waals surface area contributed by atoms with Crippen molar-refractivity contribution in [2.45, 2.75) is 32.6 Å². The molecule has 0 N–H and O–H groups in total. The van der Waals surface area contributed by atoms with Crippen molar-refractivity contribution in [2.24, 2.45) is 0 Å². The molecule has 128 valence electrons. The molecule has 4 heterocycles. The molecule has 0 aliphatic carbocycles. The highest BCUT2D eigenvalue weighted by Crippen LogP contribution is 2.31. The number of nitrogens with zero attached hydrogens (tertiary/aromatic N) is 5. The van der Waals surface area contributed by atoms with Gasteiger partial charge in [-0.05, 0) is 38.8 Å². The van der Waals surface area contributed by atoms with Crippen molar-refractivity contribution >= 4 is 17.2 Å². The van der Waals surface area contributed by atoms with E-state index < -0.39 is 0 Å². The minimum atomic E-state index is 0.490. The molecule has 1 aliphatic rings. The molecule has 0 spiro atoms. The summed E-state index contributed by atoms with van der Waals surface area (Å²) in [5, 5.41) is 3.39. The van der Waals surface area contributed by atoms with E-state index in [1.165, 1.54) is 11.4 Å². The summed E-state index contributed by atoms with van der Waals surface area (Å²) >= 11 is 1.78. The predicted molar refractivity (Wildman–Crippen MR) is 101 cm³/mol. The second kappa shape index (κ2) is 6.88. The summed E-state index contributed by atoms with van der Waals surface area (Å²) in [6, 6.07) is 6.00. The summed E-state index contributed by atoms with van der Waals surface area (Å²) in [6.07, 6.45) is 5.94. The summed E-state index contributed by atoms with van der Waals surface area (Å²) < 4.78 is 0. The first-order valence-corrected chi connectivity index (χ1v) is 9.50. The van der Waals surface area contributed by atoms with Crippen molar-refractivity contribution in [2.75, 3.05) is 18.0 Å². The van der Waals surface area contributed by atoms with Crippen LogP contribution in [0.1, 0.15) is 35.2 Å². The van der Waals surface area contributed by atoms with Gasteiger partial charge in [0, 0.05) is 59.8 Å². The maximum Gasteiger partial charge on any atom is 0.163 e. The lowest BCUT2D eigenvalue weighted by Crippen LogP contribution is -2.35. The van der Waals surface area contributed by atoms with Gasteiger partial charge in [-0.2, -0.15) is 0 Å². The highest BCUT2D eigenvalue weighted by molar-refractivity contribution is 7.09. The Labute approximate surface area is 151 Å². The predicted octanol–water partition coefficient (Wildman–Crippen LogP) is 4.00. The zero-order valence-electron chi connectivity index (χ0n) is 14.5. The van der Waals surface area contributed by atoms with Crippen LogP contribution in [0.15, 0.2) is 36.0 Å². The van der Waals surface area contributed by atoms with Crippen molar-refractivity contribution < 1.29 is 0 Å². The van der Waals surface area contributed by atoms with E-state index >= 15 is 0 Å². The van der Waals surface area contributed by atoms with Gasteiger partial charge in [-0.1, -0.05) is 0 Å². The smallest absolute Gasteiger partial charge is 0.163 e. The van der Waals surface area contributed by atoms with Gasteiger partial charge < -0.3 is 4.90 Å². The van der Waals surface area contributed by atoms with E-state index in [-0.39, 0.29) is 0 Å². The molecule has 6 heteroatoms. The summed E-state index contributed by atoms with van der Waals surface area (Å²) in [4.78, 5) is 20.7. The Morgan fingerprint density at radius 1 is 1.16 bits per heavy atom. The fraction of sp³-hybridized carbons (Fsp3) is 0.368. The number of hydrogen-bond donors (Lipinski definition) is 0. The summed E-state index contributed by atoms with van der Waals surface area (Å²) in [5.74, 6) is 2.24. The number of piperidine rings is 1. The van der Waals surface area contributed by atoms with Crippen LogP contribution in [0.3, 0.4) is 0 Å². The Kier molecular flexibility index (Phi) is 4.44. The molecule has 0 bridgehead atoms. The Morgan fingerprint density at radius 2 is 2.08 bits per heavy atom. The fourth-order valence-electron chi connectivity index (χ4n) is 3.28. The highest BCUT2D eigenvalue weighted by atomic mass is 32.1. The van der Waals surface area contributed by atoms with E-state index in [1.807, 2.05) is 25.3 Å². The van der Waals surface area contributed by atoms with E-state index in [2.05, 4.69) is 33.2 Å². The van der Waals surface area contributed by atoms with E-state index in [0.29, 0.717) is 5.92 Å². The van der Waals surface area contributed by atoms with Crippen LogP contribution in [0.4, 0.5) is 5.82 Å². The molecule has 5 nitrogen and oxygen atoms in total. The number of aryl methyl sites for hydroxylation is 2. The van der Waals surface area contributed by atoms with Crippen molar-refractivity contribution in [3.8, 4) is 11.4 Å². The van der Waals surface area contributed by atoms with Crippen LogP contribution in [0.5, 0.6) is 0 Å². The maximum atomic E-state index is 4.82. The minimum Gasteiger partial charge on any atom is -0.356 e. The van der Waals surface area contributed by atoms with E-state index in [9.17, 15) is 0 Å². The molecule has 0 saturated carbocycles. The molecule has 1 atom stereocenters. The van der Waals surface area contributed by atoms with Crippen LogP contribution in [0.2, 0.25) is 0 Å². The van der Waals surface area contributed by atoms with E-state index in [1.54, 1.807) is 17.5 Å². The molecule has 0 aromatic carbocycles. The molecule has 0 radical (unpaired) electrons. The van der Waals surface area contributed by atoms with E-state index in [4.69, 9.17) is 9.97 Å². The topological polar surface area (TPSA) is 54.8 Å². The maximum absolute atomic E-state index is 4.82. The molecule has 1 fully saturated rings. The summed E-state index contributed by atoms with van der Waals surface area (Å²) in [5.41, 5.74) is 3.06. The minimum absolute atomic E-state index is 0.490. The highest BCUT2D eigenvalue weighted by Gasteiger charge is 2.25. The molecular weight excluding hydrogens is 330 g/mol. The first-order chi connectivity index (χ1) is 12.2. The van der Waals surface area contributed by atoms with Crippen molar-refractivity contribution in [3.05, 3.63) is 52.4 Å². The van der Waals surface area contributed by atoms with Crippen molar-refractivity contribution in [1.82, 2.24) is 19.9 Å². The monoisotopic (exact) mass is 351 g/mol. The molecule has 0 amide bonds. The van der Waals surface area contributed by atoms with Gasteiger partial charge in [-0.15, -0.1) is 11.3 Å². The molecule has 3 aromatic heterocycles. The quantitative estimate of drug-likeness (QED) is 0.714. The zero-order chi connectivity index (χ0) is 17.2. The lowest BCUT2D eigenvalue weighted by atomic mass is 9.98. The van der Waals surface area contributed by atoms with Gasteiger partial charge in [0.05, 0.1) is 5.01 Å². The molecule has 0 unspecified atom stereocenters. The van der Waals surface area contributed by atoms with Crippen LogP contribution in [-0.2, 0) is 0 Å². The van der Waals surface area contributed by atoms with E-state index in [0.717, 1.165) is 48.1 Å². The number of hydrogen-bond acceptors (Lipinski definition) is 6. The van der Waals surface area contributed by atoms with Crippen LogP contribution in [-0.4, -0.2) is 33.0 Å². The number of thiazole rings is 1. The Balaban J connectivity index is 1.61. The van der Waals surface area contributed by atoms with Crippen LogP contribution in [0, 0.1) is 13.8 Å². The molecule has 3 aromatic rings. The third kappa shape index (κ3) is 3.54. The number of anilines is 1. The Hall–Kier alpha value is -2.34. The van der Waals surface area contributed by atoms with Gasteiger partial charge in [0.15, 0.2) is 5.82 Å². The molecule has 25 heavy (non-hydrogen) atoms. The Morgan fingerprint density at radius 3 is 2.84 bits per heavy atom. The molecule has 1 saturated heterocycles. The van der Waals surface area contributed by atoms with Crippen LogP contribution >= 0.6 is 11.3 Å². The van der Waals surface area contributed by atoms with Gasteiger partial charge in [-0.25, -0.2) is 15.0 Å². The van der Waals surface area contributed by atoms with Gasteiger partial charge in [0.25, 0.3) is 0 Å². The van der Waals surface area contributed by atoms with Crippen LogP contribution < -0.4 is 4.90 Å². The summed E-state index contributed by atoms with van der Waals surface area (Å²) in [7, 11) is 0. The third-order valence-electron chi connectivity index (χ3n) is 4.49. The van der Waals surface area contributed by atoms with Crippen LogP contribution in [0.25, 0.3) is 11.4 Å². The van der Waals surface area contributed by atoms with Crippen molar-refractivity contribution in [1.29, 1.82) is 0 Å². The lowest BCUT2D eigenvalue weighted by Gasteiger charge is -2.33. The molecule has 4 rings (SSSR count). The first kappa shape index (κ1) is 16.1. The first-order valence-electron chi connectivity index (χ1n) is 8.62. The van der Waals surface area contributed by atoms with Gasteiger partial charge >= 0.3 is 0 Å². The zero-order valence-corrected chi connectivity index (χ0v) is 15.3. The SMILES string of the molecule is Cc1cc(N2CCC[C@@H](c3nc(C)cs3)C2)nc(-c2cccnc2)n1. The third-order valence-corrected chi connectivity index (χ3v) is 5.62.